The molecule has 0 saturated carbocycles. The highest BCUT2D eigenvalue weighted by Gasteiger charge is 2.22. The summed E-state index contributed by atoms with van der Waals surface area (Å²) in [7, 11) is 2.16. The first kappa shape index (κ1) is 22.7. The lowest BCUT2D eigenvalue weighted by atomic mass is 10.0. The van der Waals surface area contributed by atoms with Gasteiger partial charge in [-0.3, -0.25) is 4.68 Å². The molecular formula is C26H35N7O. The van der Waals surface area contributed by atoms with Gasteiger partial charge in [0.25, 0.3) is 5.88 Å². The minimum atomic E-state index is 0.274. The Labute approximate surface area is 201 Å². The SMILES string of the molecule is CCc1cc(-c2cnc(N)c(Oc3cnn(C4CCN(C)CC4)c3)n2)cc(N2CCC[C@H]2C)c1. The monoisotopic (exact) mass is 461 g/mol. The number of hydrogen-bond acceptors (Lipinski definition) is 7. The largest absolute Gasteiger partial charge is 0.433 e. The molecule has 34 heavy (non-hydrogen) atoms. The van der Waals surface area contributed by atoms with Crippen LogP contribution in [0.1, 0.15) is 51.1 Å². The van der Waals surface area contributed by atoms with Crippen LogP contribution in [0.2, 0.25) is 0 Å². The molecule has 2 N–H and O–H groups in total. The van der Waals surface area contributed by atoms with E-state index >= 15 is 0 Å². The molecule has 1 aromatic carbocycles. The third-order valence-electron chi connectivity index (χ3n) is 7.19. The van der Waals surface area contributed by atoms with Crippen molar-refractivity contribution < 1.29 is 4.74 Å². The van der Waals surface area contributed by atoms with Crippen molar-refractivity contribution in [3.63, 3.8) is 0 Å². The van der Waals surface area contributed by atoms with E-state index in [-0.39, 0.29) is 5.82 Å². The van der Waals surface area contributed by atoms with Crippen molar-refractivity contribution in [1.29, 1.82) is 0 Å². The molecule has 0 aliphatic carbocycles. The number of piperidine rings is 1. The molecule has 0 amide bonds. The van der Waals surface area contributed by atoms with Crippen LogP contribution < -0.4 is 15.4 Å². The number of anilines is 2. The number of nitrogen functional groups attached to an aromatic ring is 1. The van der Waals surface area contributed by atoms with Crippen molar-refractivity contribution in [3.8, 4) is 22.9 Å². The van der Waals surface area contributed by atoms with Crippen molar-refractivity contribution in [2.24, 2.45) is 0 Å². The predicted octanol–water partition coefficient (Wildman–Crippen LogP) is 4.53. The van der Waals surface area contributed by atoms with E-state index in [1.54, 1.807) is 12.4 Å². The van der Waals surface area contributed by atoms with Gasteiger partial charge in [-0.2, -0.15) is 5.10 Å². The molecule has 0 unspecified atom stereocenters. The smallest absolute Gasteiger partial charge is 0.263 e. The molecule has 5 rings (SSSR count). The van der Waals surface area contributed by atoms with Gasteiger partial charge >= 0.3 is 0 Å². The van der Waals surface area contributed by atoms with Crippen LogP contribution in [0, 0.1) is 0 Å². The third-order valence-corrected chi connectivity index (χ3v) is 7.19. The van der Waals surface area contributed by atoms with E-state index < -0.39 is 0 Å². The minimum absolute atomic E-state index is 0.274. The van der Waals surface area contributed by atoms with Crippen molar-refractivity contribution in [1.82, 2.24) is 24.6 Å². The molecule has 2 fully saturated rings. The number of hydrogen-bond donors (Lipinski definition) is 1. The van der Waals surface area contributed by atoms with Gasteiger partial charge in [0.05, 0.1) is 30.3 Å². The molecule has 1 atom stereocenters. The predicted molar refractivity (Wildman–Crippen MR) is 135 cm³/mol. The summed E-state index contributed by atoms with van der Waals surface area (Å²) in [6, 6.07) is 7.64. The minimum Gasteiger partial charge on any atom is -0.433 e. The molecule has 0 bridgehead atoms. The number of aromatic nitrogens is 4. The van der Waals surface area contributed by atoms with E-state index in [1.807, 2.05) is 10.9 Å². The second kappa shape index (κ2) is 9.62. The number of rotatable bonds is 6. The summed E-state index contributed by atoms with van der Waals surface area (Å²) in [6.45, 7) is 7.73. The van der Waals surface area contributed by atoms with Crippen LogP contribution in [0.4, 0.5) is 11.5 Å². The fourth-order valence-electron chi connectivity index (χ4n) is 5.05. The Bertz CT molecular complexity index is 1140. The Morgan fingerprint density at radius 2 is 1.91 bits per heavy atom. The summed E-state index contributed by atoms with van der Waals surface area (Å²) < 4.78 is 8.07. The van der Waals surface area contributed by atoms with Crippen LogP contribution in [0.25, 0.3) is 11.3 Å². The average Bonchev–Trinajstić information content (AvgIpc) is 3.49. The van der Waals surface area contributed by atoms with Crippen LogP contribution in [0.3, 0.4) is 0 Å². The number of aryl methyl sites for hydroxylation is 1. The highest BCUT2D eigenvalue weighted by atomic mass is 16.5. The fourth-order valence-corrected chi connectivity index (χ4v) is 5.05. The summed E-state index contributed by atoms with van der Waals surface area (Å²) >= 11 is 0. The van der Waals surface area contributed by atoms with E-state index in [0.29, 0.717) is 23.7 Å². The molecule has 0 spiro atoms. The zero-order chi connectivity index (χ0) is 23.7. The van der Waals surface area contributed by atoms with Gasteiger partial charge in [0, 0.05) is 23.8 Å². The Morgan fingerprint density at radius 3 is 2.65 bits per heavy atom. The fraction of sp³-hybridized carbons (Fsp3) is 0.500. The van der Waals surface area contributed by atoms with Crippen LogP contribution in [0.5, 0.6) is 11.6 Å². The van der Waals surface area contributed by atoms with E-state index in [0.717, 1.165) is 50.2 Å². The van der Waals surface area contributed by atoms with Crippen LogP contribution >= 0.6 is 0 Å². The van der Waals surface area contributed by atoms with E-state index in [2.05, 4.69) is 59.0 Å². The first-order valence-electron chi connectivity index (χ1n) is 12.4. The lowest BCUT2D eigenvalue weighted by Gasteiger charge is -2.28. The summed E-state index contributed by atoms with van der Waals surface area (Å²) in [5.41, 5.74) is 10.5. The summed E-state index contributed by atoms with van der Waals surface area (Å²) in [5, 5.41) is 4.54. The molecule has 2 aromatic heterocycles. The van der Waals surface area contributed by atoms with Crippen LogP contribution in [-0.4, -0.2) is 57.4 Å². The normalized spacial score (nSPS) is 19.6. The van der Waals surface area contributed by atoms with Crippen molar-refractivity contribution >= 4 is 11.5 Å². The van der Waals surface area contributed by atoms with Gasteiger partial charge in [0.2, 0.25) is 0 Å². The lowest BCUT2D eigenvalue weighted by molar-refractivity contribution is 0.212. The molecule has 8 nitrogen and oxygen atoms in total. The highest BCUT2D eigenvalue weighted by molar-refractivity contribution is 5.68. The van der Waals surface area contributed by atoms with Gasteiger partial charge in [0.1, 0.15) is 0 Å². The van der Waals surface area contributed by atoms with Crippen molar-refractivity contribution in [3.05, 3.63) is 42.4 Å². The van der Waals surface area contributed by atoms with Gasteiger partial charge in [-0.05, 0) is 82.9 Å². The Morgan fingerprint density at radius 1 is 1.09 bits per heavy atom. The maximum absolute atomic E-state index is 6.14. The van der Waals surface area contributed by atoms with Crippen molar-refractivity contribution in [2.75, 3.05) is 37.3 Å². The number of ether oxygens (including phenoxy) is 1. The molecule has 4 heterocycles. The molecule has 3 aromatic rings. The zero-order valence-corrected chi connectivity index (χ0v) is 20.4. The van der Waals surface area contributed by atoms with E-state index in [4.69, 9.17) is 15.5 Å². The van der Waals surface area contributed by atoms with E-state index in [9.17, 15) is 0 Å². The molecule has 180 valence electrons. The zero-order valence-electron chi connectivity index (χ0n) is 20.4. The number of likely N-dealkylation sites (tertiary alicyclic amines) is 1. The maximum Gasteiger partial charge on any atom is 0.263 e. The topological polar surface area (TPSA) is 85.3 Å². The maximum atomic E-state index is 6.14. The Balaban J connectivity index is 1.39. The standard InChI is InChI=1S/C26H35N7O/c1-4-19-12-20(14-22(13-19)32-9-5-6-18(32)2)24-16-28-25(27)26(30-24)34-23-15-29-33(17-23)21-7-10-31(3)11-8-21/h12-18,21H,4-11H2,1-3H3,(H2,27,28)/t18-/m1/s1. The second-order valence-corrected chi connectivity index (χ2v) is 9.66. The average molecular weight is 462 g/mol. The first-order valence-corrected chi connectivity index (χ1v) is 12.4. The second-order valence-electron chi connectivity index (χ2n) is 9.66. The van der Waals surface area contributed by atoms with Gasteiger partial charge in [-0.15, -0.1) is 0 Å². The molecule has 2 aliphatic rings. The Kier molecular flexibility index (Phi) is 6.41. The molecule has 2 aliphatic heterocycles. The van der Waals surface area contributed by atoms with Gasteiger partial charge < -0.3 is 20.3 Å². The first-order chi connectivity index (χ1) is 16.5. The van der Waals surface area contributed by atoms with Gasteiger partial charge in [-0.25, -0.2) is 9.97 Å². The Hall–Kier alpha value is -3.13. The quantitative estimate of drug-likeness (QED) is 0.577. The summed E-state index contributed by atoms with van der Waals surface area (Å²) in [5.74, 6) is 1.22. The number of nitrogens with two attached hydrogens (primary N) is 1. The lowest BCUT2D eigenvalue weighted by Crippen LogP contribution is -2.31. The summed E-state index contributed by atoms with van der Waals surface area (Å²) in [6.07, 6.45) is 11.0. The molecule has 0 radical (unpaired) electrons. The van der Waals surface area contributed by atoms with Gasteiger partial charge in [-0.1, -0.05) is 6.92 Å². The highest BCUT2D eigenvalue weighted by Crippen LogP contribution is 2.33. The summed E-state index contributed by atoms with van der Waals surface area (Å²) in [4.78, 5) is 14.0. The van der Waals surface area contributed by atoms with Gasteiger partial charge in [0.15, 0.2) is 11.6 Å². The molecular weight excluding hydrogens is 426 g/mol. The van der Waals surface area contributed by atoms with E-state index in [1.165, 1.54) is 24.1 Å². The number of nitrogens with zero attached hydrogens (tertiary/aromatic N) is 6. The van der Waals surface area contributed by atoms with Crippen LogP contribution in [-0.2, 0) is 6.42 Å². The molecule has 2 saturated heterocycles. The van der Waals surface area contributed by atoms with Crippen LogP contribution in [0.15, 0.2) is 36.8 Å². The number of benzene rings is 1. The third kappa shape index (κ3) is 4.73. The molecule has 8 heteroatoms. The van der Waals surface area contributed by atoms with Crippen molar-refractivity contribution in [2.45, 2.75) is 58.0 Å².